The zero-order valence-electron chi connectivity index (χ0n) is 9.80. The highest BCUT2D eigenvalue weighted by atomic mass is 16.5. The maximum atomic E-state index is 12.0. The molecule has 0 spiro atoms. The number of fused-ring (bicyclic) bond motifs is 1. The lowest BCUT2D eigenvalue weighted by Gasteiger charge is -2.24. The third-order valence-corrected chi connectivity index (χ3v) is 3.48. The number of amides is 1. The highest BCUT2D eigenvalue weighted by Crippen LogP contribution is 2.43. The number of primary amides is 1. The molecular weight excluding hydrogens is 226 g/mol. The molecule has 2 aromatic rings. The molecule has 0 fully saturated rings. The summed E-state index contributed by atoms with van der Waals surface area (Å²) in [5.41, 5.74) is 6.53. The van der Waals surface area contributed by atoms with Crippen LogP contribution in [0.15, 0.2) is 54.6 Å². The van der Waals surface area contributed by atoms with E-state index >= 15 is 0 Å². The highest BCUT2D eigenvalue weighted by molar-refractivity contribution is 5.92. The van der Waals surface area contributed by atoms with Crippen molar-refractivity contribution in [3.63, 3.8) is 0 Å². The largest absolute Gasteiger partial charge is 0.491 e. The smallest absolute Gasteiger partial charge is 0.236 e. The topological polar surface area (TPSA) is 52.3 Å². The molecule has 2 N–H and O–H groups in total. The van der Waals surface area contributed by atoms with Gasteiger partial charge in [-0.3, -0.25) is 4.79 Å². The monoisotopic (exact) mass is 239 g/mol. The van der Waals surface area contributed by atoms with Gasteiger partial charge in [-0.2, -0.15) is 0 Å². The molecule has 0 saturated carbocycles. The molecule has 3 heteroatoms. The SMILES string of the molecule is NC(=O)C1(c2ccccc2)COc2ccccc21. The van der Waals surface area contributed by atoms with Gasteiger partial charge in [0.2, 0.25) is 5.91 Å². The minimum Gasteiger partial charge on any atom is -0.491 e. The standard InChI is InChI=1S/C15H13NO2/c16-14(17)15(11-6-2-1-3-7-11)10-18-13-9-5-4-8-12(13)15/h1-9H,10H2,(H2,16,17). The summed E-state index contributed by atoms with van der Waals surface area (Å²) in [7, 11) is 0. The van der Waals surface area contributed by atoms with E-state index in [0.717, 1.165) is 16.9 Å². The molecule has 0 saturated heterocycles. The summed E-state index contributed by atoms with van der Waals surface area (Å²) in [4.78, 5) is 12.0. The molecule has 0 radical (unpaired) electrons. The first kappa shape index (κ1) is 10.8. The van der Waals surface area contributed by atoms with Crippen LogP contribution in [0.4, 0.5) is 0 Å². The second-order valence-electron chi connectivity index (χ2n) is 4.42. The van der Waals surface area contributed by atoms with Crippen LogP contribution < -0.4 is 10.5 Å². The second-order valence-corrected chi connectivity index (χ2v) is 4.42. The quantitative estimate of drug-likeness (QED) is 0.869. The van der Waals surface area contributed by atoms with Crippen molar-refractivity contribution in [2.24, 2.45) is 5.73 Å². The fourth-order valence-electron chi connectivity index (χ4n) is 2.52. The number of hydrogen-bond acceptors (Lipinski definition) is 2. The summed E-state index contributed by atoms with van der Waals surface area (Å²) >= 11 is 0. The molecule has 3 nitrogen and oxygen atoms in total. The van der Waals surface area contributed by atoms with E-state index in [0.29, 0.717) is 0 Å². The van der Waals surface area contributed by atoms with Crippen molar-refractivity contribution in [2.75, 3.05) is 6.61 Å². The van der Waals surface area contributed by atoms with Gasteiger partial charge in [-0.05, 0) is 11.6 Å². The Morgan fingerprint density at radius 2 is 1.72 bits per heavy atom. The van der Waals surface area contributed by atoms with E-state index in [9.17, 15) is 4.79 Å². The van der Waals surface area contributed by atoms with Gasteiger partial charge in [0.1, 0.15) is 17.8 Å². The Labute approximate surface area is 105 Å². The molecule has 1 amide bonds. The van der Waals surface area contributed by atoms with Crippen LogP contribution in [-0.4, -0.2) is 12.5 Å². The van der Waals surface area contributed by atoms with Gasteiger partial charge in [0.15, 0.2) is 0 Å². The Kier molecular flexibility index (Phi) is 2.33. The van der Waals surface area contributed by atoms with Gasteiger partial charge in [0, 0.05) is 5.56 Å². The third-order valence-electron chi connectivity index (χ3n) is 3.48. The Bertz CT molecular complexity index is 594. The fraction of sp³-hybridized carbons (Fsp3) is 0.133. The molecule has 0 aromatic heterocycles. The Hall–Kier alpha value is -2.29. The first-order valence-corrected chi connectivity index (χ1v) is 5.83. The van der Waals surface area contributed by atoms with Gasteiger partial charge in [0.25, 0.3) is 0 Å². The minimum atomic E-state index is -0.863. The number of ether oxygens (including phenoxy) is 1. The van der Waals surface area contributed by atoms with Crippen molar-refractivity contribution >= 4 is 5.91 Å². The van der Waals surface area contributed by atoms with Crippen LogP contribution in [0, 0.1) is 0 Å². The number of hydrogen-bond donors (Lipinski definition) is 1. The number of nitrogens with two attached hydrogens (primary N) is 1. The van der Waals surface area contributed by atoms with Gasteiger partial charge in [-0.15, -0.1) is 0 Å². The van der Waals surface area contributed by atoms with Crippen LogP contribution >= 0.6 is 0 Å². The summed E-state index contributed by atoms with van der Waals surface area (Å²) in [6.07, 6.45) is 0. The zero-order valence-corrected chi connectivity index (χ0v) is 9.80. The maximum Gasteiger partial charge on any atom is 0.236 e. The molecule has 1 heterocycles. The molecule has 1 aliphatic rings. The molecule has 18 heavy (non-hydrogen) atoms. The summed E-state index contributed by atoms with van der Waals surface area (Å²) in [6.45, 7) is 0.270. The predicted molar refractivity (Wildman–Crippen MR) is 68.4 cm³/mol. The minimum absolute atomic E-state index is 0.270. The summed E-state index contributed by atoms with van der Waals surface area (Å²) in [6, 6.07) is 17.1. The molecule has 1 aliphatic heterocycles. The van der Waals surface area contributed by atoms with Crippen molar-refractivity contribution in [2.45, 2.75) is 5.41 Å². The van der Waals surface area contributed by atoms with Gasteiger partial charge in [-0.1, -0.05) is 48.5 Å². The van der Waals surface area contributed by atoms with E-state index in [1.54, 1.807) is 0 Å². The van der Waals surface area contributed by atoms with Crippen LogP contribution in [0.3, 0.4) is 0 Å². The Morgan fingerprint density at radius 3 is 2.44 bits per heavy atom. The molecule has 1 unspecified atom stereocenters. The first-order chi connectivity index (χ1) is 8.75. The summed E-state index contributed by atoms with van der Waals surface area (Å²) in [5.74, 6) is 0.360. The lowest BCUT2D eigenvalue weighted by atomic mass is 9.75. The second kappa shape index (κ2) is 3.88. The number of benzene rings is 2. The predicted octanol–water partition coefficient (Wildman–Crippen LogP) is 1.85. The Morgan fingerprint density at radius 1 is 1.06 bits per heavy atom. The van der Waals surface area contributed by atoms with Crippen LogP contribution in [0.1, 0.15) is 11.1 Å². The van der Waals surface area contributed by atoms with Crippen molar-refractivity contribution in [1.82, 2.24) is 0 Å². The fourth-order valence-corrected chi connectivity index (χ4v) is 2.52. The molecular formula is C15H13NO2. The summed E-state index contributed by atoms with van der Waals surface area (Å²) < 4.78 is 5.63. The van der Waals surface area contributed by atoms with E-state index in [-0.39, 0.29) is 12.5 Å². The molecule has 90 valence electrons. The average molecular weight is 239 g/mol. The number of carbonyl (C=O) groups excluding carboxylic acids is 1. The zero-order chi connectivity index (χ0) is 12.6. The van der Waals surface area contributed by atoms with Crippen LogP contribution in [0.2, 0.25) is 0 Å². The first-order valence-electron chi connectivity index (χ1n) is 5.83. The normalized spacial score (nSPS) is 21.1. The molecule has 0 bridgehead atoms. The number of rotatable bonds is 2. The van der Waals surface area contributed by atoms with E-state index in [1.807, 2.05) is 54.6 Å². The van der Waals surface area contributed by atoms with Crippen LogP contribution in [0.5, 0.6) is 5.75 Å². The van der Waals surface area contributed by atoms with Gasteiger partial charge < -0.3 is 10.5 Å². The molecule has 3 rings (SSSR count). The molecule has 0 aliphatic carbocycles. The van der Waals surface area contributed by atoms with E-state index in [1.165, 1.54) is 0 Å². The van der Waals surface area contributed by atoms with Gasteiger partial charge in [0.05, 0.1) is 0 Å². The van der Waals surface area contributed by atoms with Crippen molar-refractivity contribution < 1.29 is 9.53 Å². The third kappa shape index (κ3) is 1.34. The summed E-state index contributed by atoms with van der Waals surface area (Å²) in [5, 5.41) is 0. The van der Waals surface area contributed by atoms with Crippen LogP contribution in [0.25, 0.3) is 0 Å². The van der Waals surface area contributed by atoms with Gasteiger partial charge in [-0.25, -0.2) is 0 Å². The van der Waals surface area contributed by atoms with Crippen molar-refractivity contribution in [3.8, 4) is 5.75 Å². The van der Waals surface area contributed by atoms with E-state index < -0.39 is 5.41 Å². The lowest BCUT2D eigenvalue weighted by molar-refractivity contribution is -0.122. The van der Waals surface area contributed by atoms with E-state index in [2.05, 4.69) is 0 Å². The average Bonchev–Trinajstić information content (AvgIpc) is 2.80. The van der Waals surface area contributed by atoms with E-state index in [4.69, 9.17) is 10.5 Å². The molecule has 2 aromatic carbocycles. The maximum absolute atomic E-state index is 12.0. The number of para-hydroxylation sites is 1. The Balaban J connectivity index is 2.25. The number of carbonyl (C=O) groups is 1. The highest BCUT2D eigenvalue weighted by Gasteiger charge is 2.47. The van der Waals surface area contributed by atoms with Crippen molar-refractivity contribution in [1.29, 1.82) is 0 Å². The van der Waals surface area contributed by atoms with Gasteiger partial charge >= 0.3 is 0 Å². The van der Waals surface area contributed by atoms with Crippen LogP contribution in [-0.2, 0) is 10.2 Å². The van der Waals surface area contributed by atoms with Crippen molar-refractivity contribution in [3.05, 3.63) is 65.7 Å². The molecule has 1 atom stereocenters. The lowest BCUT2D eigenvalue weighted by Crippen LogP contribution is -2.43.